The third-order valence-corrected chi connectivity index (χ3v) is 6.22. The fraction of sp³-hybridized carbons (Fsp3) is 0.276. The van der Waals surface area contributed by atoms with Gasteiger partial charge in [0.15, 0.2) is 0 Å². The Morgan fingerprint density at radius 3 is 2.23 bits per heavy atom. The molecule has 1 heteroatoms. The Labute approximate surface area is 179 Å². The Balaban J connectivity index is 1.92. The number of hydrogen-bond donors (Lipinski definition) is 0. The van der Waals surface area contributed by atoms with Gasteiger partial charge in [-0.15, -0.1) is 0 Å². The van der Waals surface area contributed by atoms with E-state index in [1.165, 1.54) is 49.7 Å². The zero-order valence-electron chi connectivity index (χ0n) is 18.6. The monoisotopic (exact) mass is 391 g/mol. The highest BCUT2D eigenvalue weighted by Crippen LogP contribution is 2.48. The molecule has 1 aromatic heterocycles. The van der Waals surface area contributed by atoms with Crippen molar-refractivity contribution in [1.82, 2.24) is 4.98 Å². The Bertz CT molecular complexity index is 1270. The predicted octanol–water partition coefficient (Wildman–Crippen LogP) is 8.05. The summed E-state index contributed by atoms with van der Waals surface area (Å²) >= 11 is 0. The normalized spacial score (nSPS) is 12.6. The molecule has 0 N–H and O–H groups in total. The summed E-state index contributed by atoms with van der Waals surface area (Å²) in [6.07, 6.45) is 3.06. The zero-order chi connectivity index (χ0) is 21.0. The molecule has 0 fully saturated rings. The van der Waals surface area contributed by atoms with E-state index in [0.717, 1.165) is 12.1 Å². The molecule has 0 saturated heterocycles. The van der Waals surface area contributed by atoms with Gasteiger partial charge in [0.05, 0.1) is 5.69 Å². The number of aromatic nitrogens is 1. The summed E-state index contributed by atoms with van der Waals surface area (Å²) in [6.45, 7) is 11.5. The van der Waals surface area contributed by atoms with Crippen LogP contribution in [0.5, 0.6) is 0 Å². The summed E-state index contributed by atoms with van der Waals surface area (Å²) in [7, 11) is 0. The molecule has 1 aliphatic rings. The zero-order valence-corrected chi connectivity index (χ0v) is 18.6. The van der Waals surface area contributed by atoms with Gasteiger partial charge < -0.3 is 0 Å². The molecule has 30 heavy (non-hydrogen) atoms. The van der Waals surface area contributed by atoms with Gasteiger partial charge in [0.1, 0.15) is 0 Å². The number of nitrogens with zero attached hydrogens (tertiary/aromatic N) is 1. The lowest BCUT2D eigenvalue weighted by atomic mass is 9.82. The average Bonchev–Trinajstić information content (AvgIpc) is 2.82. The minimum absolute atomic E-state index is 0.0883. The third kappa shape index (κ3) is 3.04. The van der Waals surface area contributed by atoms with Crippen LogP contribution in [0.25, 0.3) is 44.3 Å². The quantitative estimate of drug-likeness (QED) is 0.297. The van der Waals surface area contributed by atoms with Crippen LogP contribution in [0, 0.1) is 5.92 Å². The van der Waals surface area contributed by atoms with Crippen molar-refractivity contribution >= 4 is 10.8 Å². The second-order valence-electron chi connectivity index (χ2n) is 10.1. The van der Waals surface area contributed by atoms with Crippen molar-refractivity contribution in [2.24, 2.45) is 5.92 Å². The number of hydrogen-bond acceptors (Lipinski definition) is 1. The molecular formula is C29H29N. The van der Waals surface area contributed by atoms with Crippen molar-refractivity contribution in [3.8, 4) is 33.5 Å². The van der Waals surface area contributed by atoms with Gasteiger partial charge in [-0.25, -0.2) is 0 Å². The Morgan fingerprint density at radius 1 is 0.767 bits per heavy atom. The maximum Gasteiger partial charge on any atom is 0.0792 e. The standard InChI is InChI=1S/C29H29N/c1-18(2)14-19-10-11-23-25(15-19)22-8-6-7-9-24(22)28-27-20(12-13-30-28)16-21(17-26(23)27)29(3,4)5/h6-13,15-18H,14H2,1-5H3. The first-order valence-electron chi connectivity index (χ1n) is 11.0. The van der Waals surface area contributed by atoms with Gasteiger partial charge in [-0.1, -0.05) is 83.1 Å². The number of fused-ring (bicyclic) bond motifs is 5. The summed E-state index contributed by atoms with van der Waals surface area (Å²) in [4.78, 5) is 4.88. The van der Waals surface area contributed by atoms with Crippen LogP contribution < -0.4 is 0 Å². The second-order valence-corrected chi connectivity index (χ2v) is 10.1. The average molecular weight is 392 g/mol. The van der Waals surface area contributed by atoms with Gasteiger partial charge in [0, 0.05) is 17.1 Å². The third-order valence-electron chi connectivity index (χ3n) is 6.22. The maximum absolute atomic E-state index is 4.88. The summed E-state index contributed by atoms with van der Waals surface area (Å²) in [6, 6.07) is 22.7. The van der Waals surface area contributed by atoms with E-state index in [1.54, 1.807) is 0 Å². The Morgan fingerprint density at radius 2 is 1.50 bits per heavy atom. The second kappa shape index (κ2) is 6.80. The van der Waals surface area contributed by atoms with Gasteiger partial charge in [-0.05, 0) is 68.7 Å². The molecule has 1 nitrogen and oxygen atoms in total. The largest absolute Gasteiger partial charge is 0.256 e. The number of benzene rings is 3. The first-order chi connectivity index (χ1) is 14.3. The molecule has 1 heterocycles. The highest BCUT2D eigenvalue weighted by Gasteiger charge is 2.25. The predicted molar refractivity (Wildman–Crippen MR) is 129 cm³/mol. The molecule has 0 aliphatic heterocycles. The van der Waals surface area contributed by atoms with Gasteiger partial charge in [0.25, 0.3) is 0 Å². The smallest absolute Gasteiger partial charge is 0.0792 e. The first kappa shape index (κ1) is 19.1. The van der Waals surface area contributed by atoms with Crippen molar-refractivity contribution in [2.45, 2.75) is 46.5 Å². The van der Waals surface area contributed by atoms with E-state index in [4.69, 9.17) is 4.98 Å². The van der Waals surface area contributed by atoms with Crippen LogP contribution in [-0.4, -0.2) is 4.98 Å². The van der Waals surface area contributed by atoms with Crippen LogP contribution in [-0.2, 0) is 11.8 Å². The summed E-state index contributed by atoms with van der Waals surface area (Å²) < 4.78 is 0. The van der Waals surface area contributed by atoms with Crippen molar-refractivity contribution in [3.05, 3.63) is 78.0 Å². The molecule has 0 bridgehead atoms. The van der Waals surface area contributed by atoms with Crippen LogP contribution in [0.3, 0.4) is 0 Å². The number of rotatable bonds is 2. The molecule has 0 atom stereocenters. The molecule has 3 aromatic carbocycles. The summed E-state index contributed by atoms with van der Waals surface area (Å²) in [5.41, 5.74) is 10.4. The first-order valence-corrected chi connectivity index (χ1v) is 11.0. The van der Waals surface area contributed by atoms with Crippen LogP contribution in [0.15, 0.2) is 66.9 Å². The van der Waals surface area contributed by atoms with E-state index in [-0.39, 0.29) is 5.41 Å². The molecule has 0 spiro atoms. The van der Waals surface area contributed by atoms with E-state index >= 15 is 0 Å². The molecule has 5 rings (SSSR count). The SMILES string of the molecule is CC(C)Cc1ccc2c(c1)-c1ccccc1-c1nccc3cc(C(C)(C)C)cc-2c13. The number of pyridine rings is 1. The molecule has 0 radical (unpaired) electrons. The van der Waals surface area contributed by atoms with Crippen LogP contribution in [0.2, 0.25) is 0 Å². The van der Waals surface area contributed by atoms with Gasteiger partial charge in [0.2, 0.25) is 0 Å². The van der Waals surface area contributed by atoms with E-state index in [0.29, 0.717) is 5.92 Å². The lowest BCUT2D eigenvalue weighted by molar-refractivity contribution is 0.591. The molecule has 150 valence electrons. The minimum Gasteiger partial charge on any atom is -0.256 e. The van der Waals surface area contributed by atoms with E-state index in [2.05, 4.69) is 95.3 Å². The highest BCUT2D eigenvalue weighted by molar-refractivity contribution is 6.12. The van der Waals surface area contributed by atoms with E-state index in [9.17, 15) is 0 Å². The van der Waals surface area contributed by atoms with Crippen molar-refractivity contribution in [2.75, 3.05) is 0 Å². The van der Waals surface area contributed by atoms with Gasteiger partial charge >= 0.3 is 0 Å². The molecule has 4 aromatic rings. The fourth-order valence-electron chi connectivity index (χ4n) is 4.74. The fourth-order valence-corrected chi connectivity index (χ4v) is 4.74. The Hall–Kier alpha value is -2.93. The lowest BCUT2D eigenvalue weighted by Gasteiger charge is -2.22. The lowest BCUT2D eigenvalue weighted by Crippen LogP contribution is -2.11. The van der Waals surface area contributed by atoms with Crippen LogP contribution in [0.1, 0.15) is 45.7 Å². The van der Waals surface area contributed by atoms with Crippen molar-refractivity contribution in [1.29, 1.82) is 0 Å². The van der Waals surface area contributed by atoms with Crippen LogP contribution in [0.4, 0.5) is 0 Å². The minimum atomic E-state index is 0.0883. The van der Waals surface area contributed by atoms with Crippen LogP contribution >= 0.6 is 0 Å². The van der Waals surface area contributed by atoms with Crippen molar-refractivity contribution in [3.63, 3.8) is 0 Å². The van der Waals surface area contributed by atoms with Gasteiger partial charge in [-0.2, -0.15) is 0 Å². The molecule has 0 amide bonds. The maximum atomic E-state index is 4.88. The highest BCUT2D eigenvalue weighted by atomic mass is 14.7. The molecule has 0 unspecified atom stereocenters. The summed E-state index contributed by atoms with van der Waals surface area (Å²) in [5.74, 6) is 0.638. The molecule has 1 aliphatic carbocycles. The molecule has 0 saturated carbocycles. The summed E-state index contributed by atoms with van der Waals surface area (Å²) in [5, 5.41) is 2.55. The topological polar surface area (TPSA) is 12.9 Å². The van der Waals surface area contributed by atoms with Crippen molar-refractivity contribution < 1.29 is 0 Å². The van der Waals surface area contributed by atoms with Gasteiger partial charge in [-0.3, -0.25) is 4.98 Å². The molecular weight excluding hydrogens is 362 g/mol. The van der Waals surface area contributed by atoms with E-state index in [1.807, 2.05) is 6.20 Å². The van der Waals surface area contributed by atoms with E-state index < -0.39 is 0 Å². The Kier molecular flexibility index (Phi) is 4.32.